The number of nitro groups is 1. The van der Waals surface area contributed by atoms with Crippen LogP contribution in [0.2, 0.25) is 0 Å². The Balaban J connectivity index is 2.55. The second-order valence-corrected chi connectivity index (χ2v) is 5.11. The minimum absolute atomic E-state index is 0.00595. The summed E-state index contributed by atoms with van der Waals surface area (Å²) in [5.74, 6) is -0.537. The Morgan fingerprint density at radius 3 is 2.58 bits per heavy atom. The second-order valence-electron chi connectivity index (χ2n) is 3.54. The summed E-state index contributed by atoms with van der Waals surface area (Å²) in [6.07, 6.45) is 1.09. The number of pyridine rings is 1. The lowest BCUT2D eigenvalue weighted by Gasteiger charge is -2.04. The van der Waals surface area contributed by atoms with Gasteiger partial charge in [-0.15, -0.1) is 0 Å². The lowest BCUT2D eigenvalue weighted by Crippen LogP contribution is -2.06. The molecule has 0 unspecified atom stereocenters. The maximum atomic E-state index is 11.2. The van der Waals surface area contributed by atoms with Crippen molar-refractivity contribution in [1.29, 1.82) is 0 Å². The molecule has 4 N–H and O–H groups in total. The molecule has 0 aliphatic heterocycles. The normalized spacial score (nSPS) is 11.5. The van der Waals surface area contributed by atoms with E-state index >= 15 is 0 Å². The Labute approximate surface area is 106 Å². The van der Waals surface area contributed by atoms with Gasteiger partial charge in [-0.2, -0.15) is 0 Å². The molecule has 19 heavy (non-hydrogen) atoms. The molecule has 0 radical (unpaired) electrons. The molecule has 9 nitrogen and oxygen atoms in total. The van der Waals surface area contributed by atoms with Gasteiger partial charge in [-0.1, -0.05) is 0 Å². The summed E-state index contributed by atoms with van der Waals surface area (Å²) in [4.78, 5) is 31.8. The highest BCUT2D eigenvalue weighted by atomic mass is 31.2. The largest absolute Gasteiger partial charge is 0.462 e. The van der Waals surface area contributed by atoms with Crippen LogP contribution in [0.4, 0.5) is 11.5 Å². The smallest absolute Gasteiger partial charge is 0.360 e. The predicted molar refractivity (Wildman–Crippen MR) is 64.7 cm³/mol. The van der Waals surface area contributed by atoms with Crippen molar-refractivity contribution in [2.45, 2.75) is 0 Å². The number of hydrogen-bond donors (Lipinski definition) is 3. The van der Waals surface area contributed by atoms with Crippen LogP contribution in [0.15, 0.2) is 28.9 Å². The van der Waals surface area contributed by atoms with E-state index in [0.717, 1.165) is 18.4 Å². The van der Waals surface area contributed by atoms with Crippen LogP contribution >= 0.6 is 7.60 Å². The van der Waals surface area contributed by atoms with E-state index in [1.165, 1.54) is 6.07 Å². The van der Waals surface area contributed by atoms with E-state index in [9.17, 15) is 14.7 Å². The number of anilines is 1. The third-order valence-corrected chi connectivity index (χ3v) is 3.27. The molecule has 0 aliphatic rings. The van der Waals surface area contributed by atoms with Gasteiger partial charge in [0.25, 0.3) is 0 Å². The summed E-state index contributed by atoms with van der Waals surface area (Å²) in [6.45, 7) is 0. The molecule has 0 atom stereocenters. The third-order valence-electron chi connectivity index (χ3n) is 2.29. The highest BCUT2D eigenvalue weighted by Gasteiger charge is 2.26. The van der Waals surface area contributed by atoms with E-state index in [1.807, 2.05) is 0 Å². The summed E-state index contributed by atoms with van der Waals surface area (Å²) < 4.78 is 16.2. The van der Waals surface area contributed by atoms with Crippen LogP contribution in [-0.2, 0) is 4.57 Å². The molecule has 0 saturated carbocycles. The molecule has 2 rings (SSSR count). The summed E-state index contributed by atoms with van der Waals surface area (Å²) in [7, 11) is -4.53. The topological polar surface area (TPSA) is 153 Å². The van der Waals surface area contributed by atoms with Crippen molar-refractivity contribution < 1.29 is 23.7 Å². The van der Waals surface area contributed by atoms with Gasteiger partial charge in [0.2, 0.25) is 5.82 Å². The summed E-state index contributed by atoms with van der Waals surface area (Å²) >= 11 is 0. The lowest BCUT2D eigenvalue weighted by atomic mass is 10.2. The molecular weight excluding hydrogens is 277 g/mol. The van der Waals surface area contributed by atoms with Crippen LogP contribution in [0, 0.1) is 10.1 Å². The molecule has 0 fully saturated rings. The van der Waals surface area contributed by atoms with Crippen LogP contribution in [-0.4, -0.2) is 19.7 Å². The van der Waals surface area contributed by atoms with Crippen molar-refractivity contribution in [1.82, 2.24) is 4.98 Å². The van der Waals surface area contributed by atoms with Crippen LogP contribution in [0.25, 0.3) is 11.5 Å². The van der Waals surface area contributed by atoms with Crippen molar-refractivity contribution in [2.75, 3.05) is 5.73 Å². The Kier molecular flexibility index (Phi) is 3.11. The third kappa shape index (κ3) is 2.48. The summed E-state index contributed by atoms with van der Waals surface area (Å²) in [6, 6.07) is 3.39. The Hall–Kier alpha value is -2.22. The maximum Gasteiger partial charge on any atom is 0.360 e. The van der Waals surface area contributed by atoms with Crippen LogP contribution < -0.4 is 11.0 Å². The molecule has 0 spiro atoms. The van der Waals surface area contributed by atoms with Crippen molar-refractivity contribution in [3.05, 3.63) is 34.6 Å². The van der Waals surface area contributed by atoms with E-state index in [4.69, 9.17) is 19.9 Å². The molecule has 2 aromatic rings. The van der Waals surface area contributed by atoms with Gasteiger partial charge in [0.05, 0.1) is 11.2 Å². The minimum Gasteiger partial charge on any atom is -0.462 e. The number of nitrogen functional groups attached to an aromatic ring is 1. The van der Waals surface area contributed by atoms with Crippen LogP contribution in [0.5, 0.6) is 0 Å². The average Bonchev–Trinajstić information content (AvgIpc) is 2.76. The molecule has 0 amide bonds. The van der Waals surface area contributed by atoms with E-state index in [0.29, 0.717) is 0 Å². The standard InChI is InChI=1S/C9H8N3O6P/c10-9-6(12(13)14)2-1-5(11-9)8-7(3-4-18-8)19(15,16)17/h1-4H,(H2,10,11)(H2,15,16,17). The van der Waals surface area contributed by atoms with Crippen molar-refractivity contribution in [3.8, 4) is 11.5 Å². The van der Waals surface area contributed by atoms with Gasteiger partial charge in [0.1, 0.15) is 11.0 Å². The minimum atomic E-state index is -4.53. The number of rotatable bonds is 3. The number of furan rings is 1. The maximum absolute atomic E-state index is 11.2. The van der Waals surface area contributed by atoms with E-state index in [2.05, 4.69) is 4.98 Å². The summed E-state index contributed by atoms with van der Waals surface area (Å²) in [5, 5.41) is 10.2. The van der Waals surface area contributed by atoms with Gasteiger partial charge < -0.3 is 19.9 Å². The fraction of sp³-hybridized carbons (Fsp3) is 0. The van der Waals surface area contributed by atoms with E-state index < -0.39 is 18.2 Å². The SMILES string of the molecule is Nc1nc(-c2occc2P(=O)(O)O)ccc1[N+](=O)[O-]. The Morgan fingerprint density at radius 2 is 2.05 bits per heavy atom. The zero-order valence-corrected chi connectivity index (χ0v) is 10.2. The van der Waals surface area contributed by atoms with Gasteiger partial charge in [0.15, 0.2) is 5.76 Å². The van der Waals surface area contributed by atoms with Crippen molar-refractivity contribution >= 4 is 24.4 Å². The van der Waals surface area contributed by atoms with Gasteiger partial charge >= 0.3 is 13.3 Å². The Morgan fingerprint density at radius 1 is 1.37 bits per heavy atom. The van der Waals surface area contributed by atoms with E-state index in [1.54, 1.807) is 0 Å². The number of aromatic nitrogens is 1. The molecule has 100 valence electrons. The first-order valence-electron chi connectivity index (χ1n) is 4.85. The molecule has 2 heterocycles. The number of nitrogens with two attached hydrogens (primary N) is 1. The number of hydrogen-bond acceptors (Lipinski definition) is 6. The van der Waals surface area contributed by atoms with Crippen LogP contribution in [0.1, 0.15) is 0 Å². The van der Waals surface area contributed by atoms with Gasteiger partial charge in [-0.25, -0.2) is 4.98 Å². The van der Waals surface area contributed by atoms with Gasteiger partial charge in [-0.05, 0) is 12.1 Å². The highest BCUT2D eigenvalue weighted by molar-refractivity contribution is 7.60. The zero-order valence-electron chi connectivity index (χ0n) is 9.26. The van der Waals surface area contributed by atoms with Gasteiger partial charge in [0, 0.05) is 6.07 Å². The molecule has 0 aromatic carbocycles. The lowest BCUT2D eigenvalue weighted by molar-refractivity contribution is -0.384. The van der Waals surface area contributed by atoms with E-state index in [-0.39, 0.29) is 22.6 Å². The highest BCUT2D eigenvalue weighted by Crippen LogP contribution is 2.38. The number of nitrogens with zero attached hydrogens (tertiary/aromatic N) is 2. The van der Waals surface area contributed by atoms with Crippen molar-refractivity contribution in [2.24, 2.45) is 0 Å². The fourth-order valence-corrected chi connectivity index (χ4v) is 2.16. The van der Waals surface area contributed by atoms with Gasteiger partial charge in [-0.3, -0.25) is 14.7 Å². The Bertz CT molecular complexity index is 691. The quantitative estimate of drug-likeness (QED) is 0.421. The molecule has 2 aromatic heterocycles. The monoisotopic (exact) mass is 285 g/mol. The molecule has 0 saturated heterocycles. The summed E-state index contributed by atoms with van der Waals surface area (Å²) in [5.41, 5.74) is 5.01. The molecule has 0 bridgehead atoms. The molecule has 0 aliphatic carbocycles. The van der Waals surface area contributed by atoms with Crippen LogP contribution in [0.3, 0.4) is 0 Å². The predicted octanol–water partition coefficient (Wildman–Crippen LogP) is 0.635. The first-order chi connectivity index (χ1) is 8.80. The molecule has 10 heteroatoms. The fourth-order valence-electron chi connectivity index (χ4n) is 1.47. The first-order valence-corrected chi connectivity index (χ1v) is 6.47. The first kappa shape index (κ1) is 13.2. The van der Waals surface area contributed by atoms with Crippen molar-refractivity contribution in [3.63, 3.8) is 0 Å². The molecular formula is C9H8N3O6P. The second kappa shape index (κ2) is 4.47. The average molecular weight is 285 g/mol. The zero-order chi connectivity index (χ0) is 14.2.